The molecule has 0 unspecified atom stereocenters. The van der Waals surface area contributed by atoms with Crippen LogP contribution in [0, 0.1) is 0 Å². The Balaban J connectivity index is 1.80. The van der Waals surface area contributed by atoms with Crippen molar-refractivity contribution in [2.75, 3.05) is 46.4 Å². The maximum Gasteiger partial charge on any atom is 0.409 e. The average Bonchev–Trinajstić information content (AvgIpc) is 2.68. The number of nitrogens with zero attached hydrogens (tertiary/aromatic N) is 3. The van der Waals surface area contributed by atoms with Gasteiger partial charge >= 0.3 is 6.09 Å². The maximum absolute atomic E-state index is 11.8. The summed E-state index contributed by atoms with van der Waals surface area (Å²) in [5.41, 5.74) is 2.37. The van der Waals surface area contributed by atoms with E-state index in [1.807, 2.05) is 13.8 Å². The van der Waals surface area contributed by atoms with E-state index in [1.165, 1.54) is 11.1 Å². The third kappa shape index (κ3) is 5.91. The summed E-state index contributed by atoms with van der Waals surface area (Å²) in [5.74, 6) is 0.854. The second-order valence-electron chi connectivity index (χ2n) is 6.03. The van der Waals surface area contributed by atoms with Crippen LogP contribution in [-0.2, 0) is 22.6 Å². The molecule has 1 aliphatic rings. The Morgan fingerprint density at radius 3 is 2.23 bits per heavy atom. The first-order valence-corrected chi connectivity index (χ1v) is 9.20. The highest BCUT2D eigenvalue weighted by Crippen LogP contribution is 2.07. The molecule has 2 rings (SSSR count). The molecule has 1 aromatic carbocycles. The number of guanidine groups is 1. The van der Waals surface area contributed by atoms with Gasteiger partial charge in [-0.05, 0) is 25.0 Å². The molecule has 1 fully saturated rings. The molecule has 1 amide bonds. The summed E-state index contributed by atoms with van der Waals surface area (Å²) in [6.07, 6.45) is -0.234. The molecule has 0 saturated carbocycles. The van der Waals surface area contributed by atoms with Gasteiger partial charge in [0, 0.05) is 46.4 Å². The van der Waals surface area contributed by atoms with Crippen molar-refractivity contribution in [2.45, 2.75) is 27.0 Å². The maximum atomic E-state index is 11.8. The van der Waals surface area contributed by atoms with Crippen molar-refractivity contribution in [2.24, 2.45) is 4.99 Å². The van der Waals surface area contributed by atoms with Gasteiger partial charge in [0.2, 0.25) is 0 Å². The normalized spacial score (nSPS) is 15.1. The number of hydrogen-bond acceptors (Lipinski definition) is 4. The Labute approximate surface area is 156 Å². The van der Waals surface area contributed by atoms with Gasteiger partial charge in [-0.15, -0.1) is 0 Å². The highest BCUT2D eigenvalue weighted by molar-refractivity contribution is 5.80. The summed E-state index contributed by atoms with van der Waals surface area (Å²) in [6.45, 7) is 9.08. The molecule has 144 valence electrons. The third-order valence-electron chi connectivity index (χ3n) is 4.26. The molecular formula is C19H30N4O3. The number of hydrogen-bond donors (Lipinski definition) is 1. The molecule has 0 bridgehead atoms. The summed E-state index contributed by atoms with van der Waals surface area (Å²) in [4.78, 5) is 20.1. The lowest BCUT2D eigenvalue weighted by molar-refractivity contribution is 0.0914. The smallest absolute Gasteiger partial charge is 0.409 e. The van der Waals surface area contributed by atoms with Gasteiger partial charge in [-0.25, -0.2) is 4.79 Å². The fraction of sp³-hybridized carbons (Fsp3) is 0.579. The second kappa shape index (κ2) is 10.7. The number of carbonyl (C=O) groups excluding carboxylic acids is 1. The molecule has 0 radical (unpaired) electrons. The van der Waals surface area contributed by atoms with Gasteiger partial charge in [0.1, 0.15) is 0 Å². The quantitative estimate of drug-likeness (QED) is 0.620. The summed E-state index contributed by atoms with van der Waals surface area (Å²) in [5, 5.41) is 3.40. The number of nitrogens with one attached hydrogen (secondary N) is 1. The predicted octanol–water partition coefficient (Wildman–Crippen LogP) is 2.07. The van der Waals surface area contributed by atoms with Crippen LogP contribution in [0.4, 0.5) is 4.79 Å². The predicted molar refractivity (Wildman–Crippen MR) is 102 cm³/mol. The summed E-state index contributed by atoms with van der Waals surface area (Å²) in [6, 6.07) is 8.39. The van der Waals surface area contributed by atoms with Crippen LogP contribution in [0.15, 0.2) is 29.3 Å². The van der Waals surface area contributed by atoms with Gasteiger partial charge in [-0.3, -0.25) is 4.99 Å². The zero-order chi connectivity index (χ0) is 18.8. The molecule has 0 spiro atoms. The largest absolute Gasteiger partial charge is 0.450 e. The second-order valence-corrected chi connectivity index (χ2v) is 6.03. The molecular weight excluding hydrogens is 332 g/mol. The molecule has 1 aromatic rings. The lowest BCUT2D eigenvalue weighted by Gasteiger charge is -2.35. The zero-order valence-electron chi connectivity index (χ0n) is 16.0. The number of piperazine rings is 1. The molecule has 0 atom stereocenters. The van der Waals surface area contributed by atoms with Gasteiger partial charge in [-0.1, -0.05) is 24.3 Å². The molecule has 1 aliphatic heterocycles. The molecule has 1 saturated heterocycles. The van der Waals surface area contributed by atoms with Crippen molar-refractivity contribution in [3.63, 3.8) is 0 Å². The fourth-order valence-electron chi connectivity index (χ4n) is 2.80. The molecule has 7 nitrogen and oxygen atoms in total. The van der Waals surface area contributed by atoms with Gasteiger partial charge in [0.15, 0.2) is 5.96 Å². The van der Waals surface area contributed by atoms with Crippen LogP contribution in [-0.4, -0.2) is 68.3 Å². The topological polar surface area (TPSA) is 66.4 Å². The number of rotatable bonds is 6. The summed E-state index contributed by atoms with van der Waals surface area (Å²) in [7, 11) is 1.78. The molecule has 26 heavy (non-hydrogen) atoms. The highest BCUT2D eigenvalue weighted by Gasteiger charge is 2.23. The number of benzene rings is 1. The van der Waals surface area contributed by atoms with Crippen molar-refractivity contribution in [1.82, 2.24) is 15.1 Å². The van der Waals surface area contributed by atoms with Crippen LogP contribution < -0.4 is 5.32 Å². The van der Waals surface area contributed by atoms with Crippen LogP contribution in [0.5, 0.6) is 0 Å². The minimum atomic E-state index is -0.234. The first-order chi connectivity index (χ1) is 12.7. The van der Waals surface area contributed by atoms with Crippen LogP contribution in [0.3, 0.4) is 0 Å². The summed E-state index contributed by atoms with van der Waals surface area (Å²) < 4.78 is 10.5. The number of ether oxygens (including phenoxy) is 2. The third-order valence-corrected chi connectivity index (χ3v) is 4.26. The lowest BCUT2D eigenvalue weighted by Crippen LogP contribution is -2.53. The van der Waals surface area contributed by atoms with E-state index in [1.54, 1.807) is 11.9 Å². The molecule has 1 N–H and O–H groups in total. The minimum absolute atomic E-state index is 0.234. The highest BCUT2D eigenvalue weighted by atomic mass is 16.6. The van der Waals surface area contributed by atoms with E-state index in [0.717, 1.165) is 25.7 Å². The van der Waals surface area contributed by atoms with Gasteiger partial charge < -0.3 is 24.6 Å². The fourth-order valence-corrected chi connectivity index (χ4v) is 2.80. The Kier molecular flexibility index (Phi) is 8.21. The van der Waals surface area contributed by atoms with Crippen LogP contribution in [0.1, 0.15) is 25.0 Å². The first-order valence-electron chi connectivity index (χ1n) is 9.20. The standard InChI is InChI=1S/C19H30N4O3/c1-4-25-15-17-8-6-16(7-9-17)14-21-18(20-3)22-10-12-23(13-11-22)19(24)26-5-2/h6-9H,4-5,10-15H2,1-3H3,(H,20,21). The van der Waals surface area contributed by atoms with E-state index >= 15 is 0 Å². The van der Waals surface area contributed by atoms with E-state index in [9.17, 15) is 4.79 Å². The van der Waals surface area contributed by atoms with Gasteiger partial charge in [0.25, 0.3) is 0 Å². The molecule has 1 heterocycles. The average molecular weight is 362 g/mol. The zero-order valence-corrected chi connectivity index (χ0v) is 16.0. The van der Waals surface area contributed by atoms with E-state index in [2.05, 4.69) is 39.5 Å². The number of aliphatic imine (C=N–C) groups is 1. The lowest BCUT2D eigenvalue weighted by atomic mass is 10.1. The molecule has 0 aromatic heterocycles. The first kappa shape index (κ1) is 20.0. The van der Waals surface area contributed by atoms with Crippen molar-refractivity contribution >= 4 is 12.1 Å². The monoisotopic (exact) mass is 362 g/mol. The number of amides is 1. The Morgan fingerprint density at radius 2 is 1.65 bits per heavy atom. The Morgan fingerprint density at radius 1 is 1.04 bits per heavy atom. The minimum Gasteiger partial charge on any atom is -0.450 e. The van der Waals surface area contributed by atoms with Gasteiger partial charge in [0.05, 0.1) is 13.2 Å². The van der Waals surface area contributed by atoms with Crippen LogP contribution >= 0.6 is 0 Å². The van der Waals surface area contributed by atoms with E-state index in [4.69, 9.17) is 9.47 Å². The Bertz CT molecular complexity index is 581. The summed E-state index contributed by atoms with van der Waals surface area (Å²) >= 11 is 0. The SMILES string of the molecule is CCOCc1ccc(CNC(=NC)N2CCN(C(=O)OCC)CC2)cc1. The van der Waals surface area contributed by atoms with E-state index < -0.39 is 0 Å². The Hall–Kier alpha value is -2.28. The van der Waals surface area contributed by atoms with E-state index in [0.29, 0.717) is 32.8 Å². The van der Waals surface area contributed by atoms with Crippen molar-refractivity contribution in [3.8, 4) is 0 Å². The van der Waals surface area contributed by atoms with Crippen molar-refractivity contribution in [3.05, 3.63) is 35.4 Å². The van der Waals surface area contributed by atoms with Crippen LogP contribution in [0.2, 0.25) is 0 Å². The van der Waals surface area contributed by atoms with Crippen molar-refractivity contribution in [1.29, 1.82) is 0 Å². The van der Waals surface area contributed by atoms with Crippen LogP contribution in [0.25, 0.3) is 0 Å². The van der Waals surface area contributed by atoms with E-state index in [-0.39, 0.29) is 6.09 Å². The van der Waals surface area contributed by atoms with Gasteiger partial charge in [-0.2, -0.15) is 0 Å². The number of carbonyl (C=O) groups is 1. The molecule has 7 heteroatoms. The molecule has 0 aliphatic carbocycles. The van der Waals surface area contributed by atoms with Crippen molar-refractivity contribution < 1.29 is 14.3 Å².